The van der Waals surface area contributed by atoms with Gasteiger partial charge < -0.3 is 10.1 Å². The average molecular weight is 353 g/mol. The van der Waals surface area contributed by atoms with Crippen molar-refractivity contribution in [3.63, 3.8) is 0 Å². The zero-order chi connectivity index (χ0) is 18.5. The van der Waals surface area contributed by atoms with Crippen LogP contribution in [-0.4, -0.2) is 18.5 Å². The largest absolute Gasteiger partial charge is 0.462 e. The van der Waals surface area contributed by atoms with E-state index in [2.05, 4.69) is 5.32 Å². The summed E-state index contributed by atoms with van der Waals surface area (Å²) < 4.78 is 19.6. The van der Waals surface area contributed by atoms with E-state index < -0.39 is 17.7 Å². The van der Waals surface area contributed by atoms with Crippen molar-refractivity contribution in [3.8, 4) is 0 Å². The number of hydrogen-bond acceptors (Lipinski definition) is 3. The van der Waals surface area contributed by atoms with Gasteiger partial charge in [-0.3, -0.25) is 4.79 Å². The van der Waals surface area contributed by atoms with Crippen LogP contribution in [0.2, 0.25) is 0 Å². The third-order valence-corrected chi connectivity index (χ3v) is 4.44. The summed E-state index contributed by atoms with van der Waals surface area (Å²) in [7, 11) is 0. The van der Waals surface area contributed by atoms with Gasteiger partial charge in [0.25, 0.3) is 0 Å². The van der Waals surface area contributed by atoms with Gasteiger partial charge in [-0.15, -0.1) is 0 Å². The molecule has 5 heteroatoms. The van der Waals surface area contributed by atoms with Crippen LogP contribution in [-0.2, 0) is 20.7 Å². The number of esters is 1. The number of allylic oxidation sites excluding steroid dienone is 1. The lowest BCUT2D eigenvalue weighted by atomic mass is 9.84. The summed E-state index contributed by atoms with van der Waals surface area (Å²) in [6.07, 6.45) is 0.608. The Hall–Kier alpha value is -2.95. The molecule has 1 heterocycles. The summed E-state index contributed by atoms with van der Waals surface area (Å²) in [4.78, 5) is 24.6. The molecule has 2 aromatic carbocycles. The Morgan fingerprint density at radius 1 is 1.15 bits per heavy atom. The van der Waals surface area contributed by atoms with E-state index >= 15 is 0 Å². The molecule has 2 aromatic rings. The van der Waals surface area contributed by atoms with Crippen LogP contribution < -0.4 is 5.32 Å². The van der Waals surface area contributed by atoms with Gasteiger partial charge in [0.15, 0.2) is 0 Å². The zero-order valence-electron chi connectivity index (χ0n) is 14.5. The Labute approximate surface area is 151 Å². The smallest absolute Gasteiger partial charge is 0.336 e. The van der Waals surface area contributed by atoms with E-state index in [1.807, 2.05) is 30.3 Å². The van der Waals surface area contributed by atoms with Crippen LogP contribution in [0.4, 0.5) is 4.39 Å². The van der Waals surface area contributed by atoms with Crippen molar-refractivity contribution in [2.24, 2.45) is 0 Å². The Bertz CT molecular complexity index is 845. The molecule has 1 aliphatic heterocycles. The topological polar surface area (TPSA) is 55.4 Å². The highest BCUT2D eigenvalue weighted by Gasteiger charge is 2.34. The minimum Gasteiger partial charge on any atom is -0.462 e. The molecule has 0 saturated carbocycles. The highest BCUT2D eigenvalue weighted by Crippen LogP contribution is 2.34. The SMILES string of the molecule is CC1=C(C(=O)OCCc2ccccc2)[C@H](c2ccccc2F)CC(=O)N1. The van der Waals surface area contributed by atoms with E-state index in [0.717, 1.165) is 5.56 Å². The number of benzene rings is 2. The molecular formula is C21H20FNO3. The van der Waals surface area contributed by atoms with Crippen LogP contribution in [0.25, 0.3) is 0 Å². The van der Waals surface area contributed by atoms with E-state index in [4.69, 9.17) is 4.74 Å². The maximum absolute atomic E-state index is 14.2. The predicted octanol–water partition coefficient (Wildman–Crippen LogP) is 3.49. The van der Waals surface area contributed by atoms with Gasteiger partial charge >= 0.3 is 5.97 Å². The lowest BCUT2D eigenvalue weighted by Crippen LogP contribution is -2.34. The second-order valence-electron chi connectivity index (χ2n) is 6.24. The van der Waals surface area contributed by atoms with E-state index in [1.54, 1.807) is 25.1 Å². The highest BCUT2D eigenvalue weighted by molar-refractivity contribution is 5.95. The molecule has 1 N–H and O–H groups in total. The van der Waals surface area contributed by atoms with Crippen LogP contribution in [0.5, 0.6) is 0 Å². The summed E-state index contributed by atoms with van der Waals surface area (Å²) in [5.41, 5.74) is 2.12. The first-order chi connectivity index (χ1) is 12.6. The fourth-order valence-corrected chi connectivity index (χ4v) is 3.18. The number of carbonyl (C=O) groups excluding carboxylic acids is 2. The lowest BCUT2D eigenvalue weighted by Gasteiger charge is -2.26. The molecule has 1 aliphatic rings. The van der Waals surface area contributed by atoms with E-state index in [-0.39, 0.29) is 18.9 Å². The molecule has 0 aliphatic carbocycles. The third-order valence-electron chi connectivity index (χ3n) is 4.44. The van der Waals surface area contributed by atoms with Crippen LogP contribution in [0.15, 0.2) is 65.9 Å². The molecule has 0 saturated heterocycles. The first kappa shape index (κ1) is 17.9. The Kier molecular flexibility index (Phi) is 5.46. The van der Waals surface area contributed by atoms with Gasteiger partial charge in [0, 0.05) is 24.5 Å². The average Bonchev–Trinajstić information content (AvgIpc) is 2.62. The number of ether oxygens (including phenoxy) is 1. The Morgan fingerprint density at radius 2 is 1.85 bits per heavy atom. The first-order valence-corrected chi connectivity index (χ1v) is 8.52. The van der Waals surface area contributed by atoms with Crippen LogP contribution in [0.3, 0.4) is 0 Å². The monoisotopic (exact) mass is 353 g/mol. The van der Waals surface area contributed by atoms with Gasteiger partial charge in [0.05, 0.1) is 12.2 Å². The minimum absolute atomic E-state index is 0.0153. The first-order valence-electron chi connectivity index (χ1n) is 8.52. The Morgan fingerprint density at radius 3 is 2.58 bits per heavy atom. The molecule has 0 spiro atoms. The van der Waals surface area contributed by atoms with Crippen molar-refractivity contribution in [3.05, 3.63) is 82.8 Å². The van der Waals surface area contributed by atoms with Gasteiger partial charge in [-0.1, -0.05) is 48.5 Å². The van der Waals surface area contributed by atoms with Crippen molar-refractivity contribution in [1.29, 1.82) is 0 Å². The molecule has 3 rings (SSSR count). The summed E-state index contributed by atoms with van der Waals surface area (Å²) in [6, 6.07) is 15.9. The molecule has 0 unspecified atom stereocenters. The molecule has 4 nitrogen and oxygen atoms in total. The number of hydrogen-bond donors (Lipinski definition) is 1. The van der Waals surface area contributed by atoms with Gasteiger partial charge in [-0.25, -0.2) is 9.18 Å². The van der Waals surface area contributed by atoms with Crippen molar-refractivity contribution in [2.45, 2.75) is 25.7 Å². The number of nitrogens with one attached hydrogen (secondary N) is 1. The van der Waals surface area contributed by atoms with Crippen LogP contribution in [0.1, 0.15) is 30.4 Å². The summed E-state index contributed by atoms with van der Waals surface area (Å²) >= 11 is 0. The van der Waals surface area contributed by atoms with Crippen molar-refractivity contribution < 1.29 is 18.7 Å². The van der Waals surface area contributed by atoms with Crippen LogP contribution in [0, 0.1) is 5.82 Å². The molecule has 0 bridgehead atoms. The fourth-order valence-electron chi connectivity index (χ4n) is 3.18. The molecule has 26 heavy (non-hydrogen) atoms. The predicted molar refractivity (Wildman–Crippen MR) is 95.7 cm³/mol. The van der Waals surface area contributed by atoms with Crippen molar-refractivity contribution in [2.75, 3.05) is 6.61 Å². The normalized spacial score (nSPS) is 17.0. The Balaban J connectivity index is 1.78. The van der Waals surface area contributed by atoms with E-state index in [0.29, 0.717) is 23.3 Å². The van der Waals surface area contributed by atoms with Gasteiger partial charge in [-0.2, -0.15) is 0 Å². The van der Waals surface area contributed by atoms with E-state index in [9.17, 15) is 14.0 Å². The quantitative estimate of drug-likeness (QED) is 0.837. The van der Waals surface area contributed by atoms with Gasteiger partial charge in [0.1, 0.15) is 5.82 Å². The lowest BCUT2D eigenvalue weighted by molar-refractivity contribution is -0.139. The maximum atomic E-state index is 14.2. The van der Waals surface area contributed by atoms with Crippen molar-refractivity contribution in [1.82, 2.24) is 5.32 Å². The second kappa shape index (κ2) is 7.95. The number of halogens is 1. The van der Waals surface area contributed by atoms with Gasteiger partial charge in [-0.05, 0) is 24.1 Å². The number of amides is 1. The van der Waals surface area contributed by atoms with E-state index in [1.165, 1.54) is 6.07 Å². The molecule has 0 aromatic heterocycles. The maximum Gasteiger partial charge on any atom is 0.336 e. The second-order valence-corrected chi connectivity index (χ2v) is 6.24. The number of rotatable bonds is 5. The fraction of sp³-hybridized carbons (Fsp3) is 0.238. The van der Waals surface area contributed by atoms with Crippen LogP contribution >= 0.6 is 0 Å². The molecule has 1 atom stereocenters. The minimum atomic E-state index is -0.644. The summed E-state index contributed by atoms with van der Waals surface area (Å²) in [6.45, 7) is 1.86. The van der Waals surface area contributed by atoms with Gasteiger partial charge in [0.2, 0.25) is 5.91 Å². The molecule has 134 valence electrons. The summed E-state index contributed by atoms with van der Waals surface area (Å²) in [5, 5.41) is 2.65. The molecular weight excluding hydrogens is 333 g/mol. The molecule has 0 radical (unpaired) electrons. The summed E-state index contributed by atoms with van der Waals surface area (Å²) in [5.74, 6) is -1.84. The molecule has 0 fully saturated rings. The highest BCUT2D eigenvalue weighted by atomic mass is 19.1. The third kappa shape index (κ3) is 3.99. The number of carbonyl (C=O) groups is 2. The standard InChI is InChI=1S/C21H20FNO3/c1-14-20(21(25)26-12-11-15-7-3-2-4-8-15)17(13-19(24)23-14)16-9-5-6-10-18(16)22/h2-10,17H,11-13H2,1H3,(H,23,24)/t17-/m0/s1. The molecule has 1 amide bonds. The van der Waals surface area contributed by atoms with Crippen molar-refractivity contribution >= 4 is 11.9 Å². The zero-order valence-corrected chi connectivity index (χ0v) is 14.5.